The van der Waals surface area contributed by atoms with Crippen LogP contribution in [0.2, 0.25) is 5.28 Å². The summed E-state index contributed by atoms with van der Waals surface area (Å²) in [5, 5.41) is 13.6. The molecule has 0 spiro atoms. The van der Waals surface area contributed by atoms with Crippen LogP contribution in [0.4, 0.5) is 4.79 Å². The van der Waals surface area contributed by atoms with E-state index in [-0.39, 0.29) is 80.2 Å². The lowest BCUT2D eigenvalue weighted by molar-refractivity contribution is -0.141. The van der Waals surface area contributed by atoms with Gasteiger partial charge in [0.2, 0.25) is 28.9 Å². The minimum absolute atomic E-state index is 0.00205. The molecule has 2 aliphatic carbocycles. The molecule has 10 atom stereocenters. The van der Waals surface area contributed by atoms with Gasteiger partial charge < -0.3 is 34.3 Å². The average molecular weight is 1480 g/mol. The Morgan fingerprint density at radius 3 is 1.60 bits per heavy atom. The molecule has 6 heterocycles. The molecule has 0 radical (unpaired) electrons. The summed E-state index contributed by atoms with van der Waals surface area (Å²) in [4.78, 5) is 107. The van der Waals surface area contributed by atoms with Gasteiger partial charge >= 0.3 is 26.5 Å². The molecule has 4 fully saturated rings. The lowest BCUT2D eigenvalue weighted by Crippen LogP contribution is -2.53. The van der Waals surface area contributed by atoms with Crippen LogP contribution < -0.4 is 19.5 Å². The second kappa shape index (κ2) is 33.1. The molecule has 2 saturated heterocycles. The van der Waals surface area contributed by atoms with Gasteiger partial charge in [0, 0.05) is 78.4 Å². The maximum absolute atomic E-state index is 14.2. The normalized spacial score (nSPS) is 26.9. The van der Waals surface area contributed by atoms with Crippen LogP contribution in [0.15, 0.2) is 60.7 Å². The molecule has 2 saturated carbocycles. The van der Waals surface area contributed by atoms with Crippen molar-refractivity contribution in [2.75, 3.05) is 41.3 Å². The first-order chi connectivity index (χ1) is 47.7. The van der Waals surface area contributed by atoms with E-state index in [9.17, 15) is 55.5 Å². The quantitative estimate of drug-likeness (QED) is 0.0904. The van der Waals surface area contributed by atoms with Crippen molar-refractivity contribution in [2.24, 2.45) is 28.6 Å². The van der Waals surface area contributed by atoms with Crippen molar-refractivity contribution < 1.29 is 65.0 Å². The lowest BCUT2D eigenvalue weighted by Gasteiger charge is -2.30. The molecule has 4 aromatic rings. The summed E-state index contributed by atoms with van der Waals surface area (Å²) >= 11 is 6.19. The summed E-state index contributed by atoms with van der Waals surface area (Å²) in [6.07, 6.45) is 13.8. The van der Waals surface area contributed by atoms with E-state index in [0.29, 0.717) is 48.9 Å². The van der Waals surface area contributed by atoms with Crippen LogP contribution in [0, 0.1) is 28.6 Å². The largest absolute Gasteiger partial charge is 0.459 e. The SMILES string of the molecule is CC(C)c1cccc2c1nc(Cl)n2C(C)C.CC(C)c1cccc2c1nc(O[C@@H]1C[C@H]3C(=O)C[C@]4(C(=O)NS(=O)(=O)N(C)C)C[C@H]4/C=C\CCCCC[C@H](C)C(=O)N3C1)n2C(C)C.CN(C)S(=O)(=O)NC(=O)[C@]12CC(=O)[C@@H]3C[C@@H](O)CN3C(=O)[C@@H](NC(=O)OC(C)(C)C)CCCCC/C=C\[C@@H]1C2. The highest BCUT2D eigenvalue weighted by Crippen LogP contribution is 2.58. The van der Waals surface area contributed by atoms with Crippen molar-refractivity contribution in [2.45, 2.75) is 246 Å². The molecule has 25 nitrogen and oxygen atoms in total. The standard InChI is InChI=1S/C35H51N5O6S.C26H42N4O8S.C13H17ClN2/c1-22(2)27-16-13-17-28-31(27)36-34(40(28)23(3)4)46-26-18-29-30(41)20-35(33(43)37-47(44,45)38(6)7)19-25(35)15-12-10-8-9-11-14-24(5)32(42)39(29)21-26;1-25(2,3)38-24(35)27-19-12-10-8-6-7-9-11-17-14-26(17,23(34)28-39(36,37)29(4)5)15-21(32)20-13-18(31)16-30(20)22(19)33;1-8(2)10-6-5-7-11-12(10)15-13(14)16(11)9(3)4/h12-13,15-17,22-26,29H,8-11,14,18-21H2,1-7H3,(H,37,43);9,11,17-20,31H,6-8,10,12-16H2,1-5H3,(H,27,35)(H,28,34);5-9H,1-4H3/b15-12-;11-9-;/t24-,25+,26+,29-,35+;17-,18-,19+,20+,26-;/m01./s1. The van der Waals surface area contributed by atoms with Crippen LogP contribution in [0.1, 0.15) is 221 Å². The summed E-state index contributed by atoms with van der Waals surface area (Å²) in [5.41, 5.74) is 3.20. The van der Waals surface area contributed by atoms with E-state index in [1.807, 2.05) is 43.4 Å². The molecule has 5 amide bonds. The summed E-state index contributed by atoms with van der Waals surface area (Å²) in [7, 11) is -2.83. The van der Waals surface area contributed by atoms with Gasteiger partial charge in [0.05, 0.1) is 57.6 Å². The highest BCUT2D eigenvalue weighted by molar-refractivity contribution is 7.88. The molecule has 102 heavy (non-hydrogen) atoms. The van der Waals surface area contributed by atoms with Crippen molar-refractivity contribution in [1.29, 1.82) is 0 Å². The number of allylic oxidation sites excluding steroid dienone is 4. The maximum Gasteiger partial charge on any atom is 0.408 e. The highest BCUT2D eigenvalue weighted by atomic mass is 35.5. The minimum atomic E-state index is -4.07. The topological polar surface area (TPSA) is 311 Å². The van der Waals surface area contributed by atoms with Gasteiger partial charge in [-0.15, -0.1) is 0 Å². The molecule has 2 aromatic carbocycles. The summed E-state index contributed by atoms with van der Waals surface area (Å²) < 4.78 is 72.1. The van der Waals surface area contributed by atoms with E-state index in [4.69, 9.17) is 26.1 Å². The van der Waals surface area contributed by atoms with Crippen LogP contribution in [-0.2, 0) is 53.9 Å². The van der Waals surface area contributed by atoms with Gasteiger partial charge in [-0.05, 0) is 158 Å². The number of hydrogen-bond acceptors (Lipinski definition) is 16. The summed E-state index contributed by atoms with van der Waals surface area (Å²) in [6.45, 7) is 24.2. The number of Topliss-reactive ketones (excluding diaryl/α,β-unsaturated/α-hetero) is 2. The third kappa shape index (κ3) is 19.0. The first-order valence-corrected chi connectivity index (χ1v) is 39.5. The number of ketones is 2. The number of para-hydroxylation sites is 2. The Balaban J connectivity index is 0.000000215. The van der Waals surface area contributed by atoms with Crippen LogP contribution >= 0.6 is 11.6 Å². The van der Waals surface area contributed by atoms with E-state index in [2.05, 4.69) is 109 Å². The van der Waals surface area contributed by atoms with E-state index in [1.165, 1.54) is 38.7 Å². The van der Waals surface area contributed by atoms with Gasteiger partial charge in [0.15, 0.2) is 11.6 Å². The fraction of sp³-hybridized carbons (Fsp3) is 0.662. The number of aromatic nitrogens is 4. The smallest absolute Gasteiger partial charge is 0.408 e. The number of carbonyl (C=O) groups excluding carboxylic acids is 7. The molecule has 4 aliphatic heterocycles. The molecule has 28 heteroatoms. The zero-order valence-electron chi connectivity index (χ0n) is 62.5. The van der Waals surface area contributed by atoms with Crippen molar-refractivity contribution in [3.8, 4) is 6.01 Å². The molecule has 0 unspecified atom stereocenters. The number of nitrogens with zero attached hydrogens (tertiary/aromatic N) is 8. The fourth-order valence-corrected chi connectivity index (χ4v) is 16.0. The molecule has 6 aliphatic rings. The first kappa shape index (κ1) is 80.9. The van der Waals surface area contributed by atoms with Crippen LogP contribution in [0.25, 0.3) is 22.1 Å². The van der Waals surface area contributed by atoms with Crippen molar-refractivity contribution >= 4 is 95.4 Å². The Labute approximate surface area is 608 Å². The van der Waals surface area contributed by atoms with Crippen molar-refractivity contribution in [3.63, 3.8) is 0 Å². The number of alkyl carbamates (subject to hydrolysis) is 1. The number of rotatable bonds is 13. The zero-order valence-corrected chi connectivity index (χ0v) is 64.8. The van der Waals surface area contributed by atoms with Crippen LogP contribution in [-0.4, -0.2) is 178 Å². The highest BCUT2D eigenvalue weighted by Gasteiger charge is 2.63. The Morgan fingerprint density at radius 1 is 0.647 bits per heavy atom. The zero-order chi connectivity index (χ0) is 75.3. The monoisotopic (exact) mass is 1480 g/mol. The second-order valence-electron chi connectivity index (χ2n) is 31.2. The van der Waals surface area contributed by atoms with Gasteiger partial charge in [-0.2, -0.15) is 30.4 Å². The number of fused-ring (bicyclic) bond motifs is 6. The average Bonchev–Trinajstić information content (AvgIpc) is 1.58. The van der Waals surface area contributed by atoms with E-state index < -0.39 is 96.8 Å². The number of benzene rings is 2. The Hall–Kier alpha value is -6.78. The number of nitrogens with one attached hydrogen (secondary N) is 3. The second-order valence-corrected chi connectivity index (χ2v) is 35.3. The third-order valence-corrected chi connectivity index (χ3v) is 23.5. The minimum Gasteiger partial charge on any atom is -0.459 e. The maximum atomic E-state index is 14.2. The van der Waals surface area contributed by atoms with Crippen molar-refractivity contribution in [3.05, 3.63) is 77.1 Å². The number of aliphatic hydroxyl groups excluding tert-OH is 1. The van der Waals surface area contributed by atoms with Gasteiger partial charge in [0.1, 0.15) is 17.7 Å². The molecule has 4 N–H and O–H groups in total. The molecule has 2 aromatic heterocycles. The predicted molar refractivity (Wildman–Crippen MR) is 393 cm³/mol. The molecular formula is C74H110ClN11O14S2. The third-order valence-electron chi connectivity index (χ3n) is 20.4. The Bertz CT molecular complexity index is 4030. The summed E-state index contributed by atoms with van der Waals surface area (Å²) in [6, 6.07) is 10.6. The molecule has 564 valence electrons. The van der Waals surface area contributed by atoms with Crippen LogP contribution in [0.5, 0.6) is 6.01 Å². The number of amides is 5. The summed E-state index contributed by atoms with van der Waals surface area (Å²) in [5.74, 6) is -2.82. The van der Waals surface area contributed by atoms with Crippen LogP contribution in [0.3, 0.4) is 0 Å². The number of aliphatic hydroxyl groups is 1. The van der Waals surface area contributed by atoms with E-state index >= 15 is 0 Å². The Kier molecular flexibility index (Phi) is 26.3. The number of carbonyl (C=O) groups is 7. The molecule has 0 bridgehead atoms. The molecular weight excluding hydrogens is 1370 g/mol. The molecule has 10 rings (SSSR count). The lowest BCUT2D eigenvalue weighted by atomic mass is 9.91. The number of hydrogen-bond donors (Lipinski definition) is 4. The van der Waals surface area contributed by atoms with Gasteiger partial charge in [0.25, 0.3) is 6.01 Å². The predicted octanol–water partition coefficient (Wildman–Crippen LogP) is 10.8. The number of ether oxygens (including phenoxy) is 2. The fourth-order valence-electron chi connectivity index (χ4n) is 14.4. The van der Waals surface area contributed by atoms with Gasteiger partial charge in [-0.25, -0.2) is 19.2 Å². The van der Waals surface area contributed by atoms with Gasteiger partial charge in [-0.1, -0.05) is 109 Å². The first-order valence-electron chi connectivity index (χ1n) is 36.2. The van der Waals surface area contributed by atoms with E-state index in [1.54, 1.807) is 25.7 Å². The number of imidazole rings is 2. The van der Waals surface area contributed by atoms with E-state index in [0.717, 1.165) is 87.6 Å². The van der Waals surface area contributed by atoms with Crippen molar-refractivity contribution in [1.82, 2.24) is 52.3 Å². The number of halogens is 1. The Morgan fingerprint density at radius 2 is 1.12 bits per heavy atom. The van der Waals surface area contributed by atoms with Gasteiger partial charge in [-0.3, -0.25) is 33.3 Å².